The highest BCUT2D eigenvalue weighted by atomic mass is 15.1. The SMILES string of the molecule is CCC1CCCC(Nc2ccccc2CN(C)C)CC1. The number of benzene rings is 1. The molecule has 1 aromatic rings. The summed E-state index contributed by atoms with van der Waals surface area (Å²) >= 11 is 0. The van der Waals surface area contributed by atoms with Crippen molar-refractivity contribution in [3.63, 3.8) is 0 Å². The first-order valence-corrected chi connectivity index (χ1v) is 8.18. The van der Waals surface area contributed by atoms with Gasteiger partial charge in [0.2, 0.25) is 0 Å². The van der Waals surface area contributed by atoms with Crippen LogP contribution in [0.15, 0.2) is 24.3 Å². The number of hydrogen-bond donors (Lipinski definition) is 1. The molecule has 1 N–H and O–H groups in total. The Hall–Kier alpha value is -1.02. The zero-order valence-corrected chi connectivity index (χ0v) is 13.4. The Morgan fingerprint density at radius 2 is 1.90 bits per heavy atom. The van der Waals surface area contributed by atoms with Crippen molar-refractivity contribution in [2.75, 3.05) is 19.4 Å². The average molecular weight is 274 g/mol. The number of para-hydroxylation sites is 1. The fraction of sp³-hybridized carbons (Fsp3) is 0.667. The summed E-state index contributed by atoms with van der Waals surface area (Å²) in [6.45, 7) is 3.35. The molecule has 1 saturated carbocycles. The van der Waals surface area contributed by atoms with Gasteiger partial charge in [0.25, 0.3) is 0 Å². The number of nitrogens with zero attached hydrogens (tertiary/aromatic N) is 1. The maximum Gasteiger partial charge on any atom is 0.0388 e. The molecule has 2 rings (SSSR count). The van der Waals surface area contributed by atoms with Gasteiger partial charge in [0, 0.05) is 18.3 Å². The van der Waals surface area contributed by atoms with Crippen LogP contribution in [0.5, 0.6) is 0 Å². The Kier molecular flexibility index (Phi) is 5.90. The van der Waals surface area contributed by atoms with Crippen molar-refractivity contribution in [3.8, 4) is 0 Å². The second-order valence-electron chi connectivity index (χ2n) is 6.52. The first-order valence-electron chi connectivity index (χ1n) is 8.18. The molecule has 20 heavy (non-hydrogen) atoms. The molecular formula is C18H30N2. The molecular weight excluding hydrogens is 244 g/mol. The van der Waals surface area contributed by atoms with Crippen LogP contribution in [-0.4, -0.2) is 25.0 Å². The van der Waals surface area contributed by atoms with Crippen LogP contribution in [0.25, 0.3) is 0 Å². The molecule has 1 aromatic carbocycles. The first-order chi connectivity index (χ1) is 9.69. The molecule has 2 unspecified atom stereocenters. The molecule has 0 heterocycles. The minimum absolute atomic E-state index is 0.662. The van der Waals surface area contributed by atoms with Crippen LogP contribution < -0.4 is 5.32 Å². The van der Waals surface area contributed by atoms with Crippen LogP contribution in [0.2, 0.25) is 0 Å². The van der Waals surface area contributed by atoms with E-state index in [-0.39, 0.29) is 0 Å². The van der Waals surface area contributed by atoms with E-state index in [1.165, 1.54) is 49.8 Å². The Morgan fingerprint density at radius 1 is 1.10 bits per heavy atom. The minimum atomic E-state index is 0.662. The highest BCUT2D eigenvalue weighted by Crippen LogP contribution is 2.28. The second kappa shape index (κ2) is 7.68. The van der Waals surface area contributed by atoms with Gasteiger partial charge < -0.3 is 10.2 Å². The van der Waals surface area contributed by atoms with E-state index in [1.54, 1.807) is 0 Å². The zero-order chi connectivity index (χ0) is 14.4. The lowest BCUT2D eigenvalue weighted by Gasteiger charge is -2.21. The molecule has 0 aromatic heterocycles. The van der Waals surface area contributed by atoms with Gasteiger partial charge in [-0.25, -0.2) is 0 Å². The van der Waals surface area contributed by atoms with Crippen LogP contribution in [-0.2, 0) is 6.54 Å². The fourth-order valence-corrected chi connectivity index (χ4v) is 3.29. The van der Waals surface area contributed by atoms with E-state index in [9.17, 15) is 0 Å². The normalized spacial score (nSPS) is 23.6. The molecule has 1 fully saturated rings. The molecule has 0 spiro atoms. The summed E-state index contributed by atoms with van der Waals surface area (Å²) < 4.78 is 0. The second-order valence-corrected chi connectivity index (χ2v) is 6.52. The van der Waals surface area contributed by atoms with Crippen molar-refractivity contribution in [3.05, 3.63) is 29.8 Å². The molecule has 0 amide bonds. The molecule has 2 heteroatoms. The molecule has 1 aliphatic rings. The number of nitrogens with one attached hydrogen (secondary N) is 1. The van der Waals surface area contributed by atoms with Crippen molar-refractivity contribution in [2.45, 2.75) is 58.0 Å². The van der Waals surface area contributed by atoms with Gasteiger partial charge >= 0.3 is 0 Å². The van der Waals surface area contributed by atoms with Gasteiger partial charge in [0.1, 0.15) is 0 Å². The fourth-order valence-electron chi connectivity index (χ4n) is 3.29. The topological polar surface area (TPSA) is 15.3 Å². The van der Waals surface area contributed by atoms with Crippen molar-refractivity contribution >= 4 is 5.69 Å². The summed E-state index contributed by atoms with van der Waals surface area (Å²) in [6, 6.07) is 9.43. The van der Waals surface area contributed by atoms with Crippen LogP contribution in [0.4, 0.5) is 5.69 Å². The summed E-state index contributed by atoms with van der Waals surface area (Å²) in [6.07, 6.45) is 8.20. The Balaban J connectivity index is 1.98. The summed E-state index contributed by atoms with van der Waals surface area (Å²) in [5, 5.41) is 3.81. The molecule has 1 aliphatic carbocycles. The maximum absolute atomic E-state index is 3.81. The van der Waals surface area contributed by atoms with E-state index in [0.29, 0.717) is 6.04 Å². The van der Waals surface area contributed by atoms with Crippen LogP contribution in [0.1, 0.15) is 51.0 Å². The van der Waals surface area contributed by atoms with Gasteiger partial charge in [-0.15, -0.1) is 0 Å². The summed E-state index contributed by atoms with van der Waals surface area (Å²) in [7, 11) is 4.27. The standard InChI is InChI=1S/C18H30N2/c1-4-15-8-7-10-17(13-12-15)19-18-11-6-5-9-16(18)14-20(2)3/h5-6,9,11,15,17,19H,4,7-8,10,12-14H2,1-3H3. The maximum atomic E-state index is 3.81. The quantitative estimate of drug-likeness (QED) is 0.794. The molecule has 0 aliphatic heterocycles. The van der Waals surface area contributed by atoms with Gasteiger partial charge in [0.05, 0.1) is 0 Å². The van der Waals surface area contributed by atoms with Crippen LogP contribution in [0.3, 0.4) is 0 Å². The van der Waals surface area contributed by atoms with Crippen molar-refractivity contribution in [1.82, 2.24) is 4.90 Å². The molecule has 112 valence electrons. The van der Waals surface area contributed by atoms with E-state index < -0.39 is 0 Å². The Labute approximate surface area is 124 Å². The third-order valence-corrected chi connectivity index (χ3v) is 4.53. The molecule has 0 saturated heterocycles. The van der Waals surface area contributed by atoms with E-state index >= 15 is 0 Å². The summed E-state index contributed by atoms with van der Waals surface area (Å²) in [5.74, 6) is 0.957. The molecule has 2 atom stereocenters. The molecule has 2 nitrogen and oxygen atoms in total. The number of hydrogen-bond acceptors (Lipinski definition) is 2. The van der Waals surface area contributed by atoms with Crippen molar-refractivity contribution in [1.29, 1.82) is 0 Å². The molecule has 0 radical (unpaired) electrons. The van der Waals surface area contributed by atoms with Crippen LogP contribution in [0, 0.1) is 5.92 Å². The van der Waals surface area contributed by atoms with Gasteiger partial charge in [-0.05, 0) is 50.9 Å². The van der Waals surface area contributed by atoms with Gasteiger partial charge in [-0.1, -0.05) is 44.4 Å². The largest absolute Gasteiger partial charge is 0.382 e. The van der Waals surface area contributed by atoms with E-state index in [4.69, 9.17) is 0 Å². The van der Waals surface area contributed by atoms with Gasteiger partial charge in [0.15, 0.2) is 0 Å². The lowest BCUT2D eigenvalue weighted by molar-refractivity contribution is 0.403. The van der Waals surface area contributed by atoms with E-state index in [2.05, 4.69) is 55.5 Å². The van der Waals surface area contributed by atoms with Crippen molar-refractivity contribution < 1.29 is 0 Å². The predicted octanol–water partition coefficient (Wildman–Crippen LogP) is 4.52. The van der Waals surface area contributed by atoms with Crippen molar-refractivity contribution in [2.24, 2.45) is 5.92 Å². The number of rotatable bonds is 5. The van der Waals surface area contributed by atoms with Gasteiger partial charge in [-0.2, -0.15) is 0 Å². The average Bonchev–Trinajstić information content (AvgIpc) is 2.65. The monoisotopic (exact) mass is 274 g/mol. The lowest BCUT2D eigenvalue weighted by Crippen LogP contribution is -2.20. The highest BCUT2D eigenvalue weighted by Gasteiger charge is 2.18. The minimum Gasteiger partial charge on any atom is -0.382 e. The number of anilines is 1. The lowest BCUT2D eigenvalue weighted by atomic mass is 9.98. The third kappa shape index (κ3) is 4.52. The smallest absolute Gasteiger partial charge is 0.0388 e. The Morgan fingerprint density at radius 3 is 2.65 bits per heavy atom. The third-order valence-electron chi connectivity index (χ3n) is 4.53. The van der Waals surface area contributed by atoms with E-state index in [1.807, 2.05) is 0 Å². The summed E-state index contributed by atoms with van der Waals surface area (Å²) in [4.78, 5) is 2.24. The first kappa shape index (κ1) is 15.4. The van der Waals surface area contributed by atoms with E-state index in [0.717, 1.165) is 12.5 Å². The van der Waals surface area contributed by atoms with Crippen LogP contribution >= 0.6 is 0 Å². The Bertz CT molecular complexity index is 400. The zero-order valence-electron chi connectivity index (χ0n) is 13.4. The van der Waals surface area contributed by atoms with Gasteiger partial charge in [-0.3, -0.25) is 0 Å². The predicted molar refractivity (Wildman–Crippen MR) is 88.1 cm³/mol. The highest BCUT2D eigenvalue weighted by molar-refractivity contribution is 5.51. The summed E-state index contributed by atoms with van der Waals surface area (Å²) in [5.41, 5.74) is 2.75. The molecule has 0 bridgehead atoms.